The van der Waals surface area contributed by atoms with E-state index in [4.69, 9.17) is 26.8 Å². The van der Waals surface area contributed by atoms with Crippen LogP contribution in [0.25, 0.3) is 0 Å². The minimum Gasteiger partial charge on any atom is -0.492 e. The van der Waals surface area contributed by atoms with Gasteiger partial charge in [-0.05, 0) is 37.9 Å². The summed E-state index contributed by atoms with van der Waals surface area (Å²) in [5.74, 6) is 0.839. The average molecular weight is 424 g/mol. The molecule has 0 saturated carbocycles. The van der Waals surface area contributed by atoms with Gasteiger partial charge in [0, 0.05) is 51.1 Å². The highest BCUT2D eigenvalue weighted by molar-refractivity contribution is 6.33. The van der Waals surface area contributed by atoms with Gasteiger partial charge in [0.05, 0.1) is 28.5 Å². The third kappa shape index (κ3) is 4.63. The van der Waals surface area contributed by atoms with E-state index in [2.05, 4.69) is 10.2 Å². The lowest BCUT2D eigenvalue weighted by molar-refractivity contribution is -0.0829. The standard InChI is InChI=1S/C21H30ClN3O4/c22-17-11-16(19-15(18(17)23)3-8-29-19)20(26)24-12-14-1-6-25(7-2-14)13-21(27)4-9-28-10-5-21/h11,14,27H,1-10,12-13,23H2,(H,24,26). The molecule has 4 rings (SSSR count). The number of nitrogens with zero attached hydrogens (tertiary/aromatic N) is 1. The first-order chi connectivity index (χ1) is 14.0. The number of fused-ring (bicyclic) bond motifs is 1. The lowest BCUT2D eigenvalue weighted by Crippen LogP contribution is -2.49. The maximum absolute atomic E-state index is 12.7. The van der Waals surface area contributed by atoms with Crippen molar-refractivity contribution in [3.8, 4) is 5.75 Å². The summed E-state index contributed by atoms with van der Waals surface area (Å²) in [6, 6.07) is 1.60. The van der Waals surface area contributed by atoms with Crippen LogP contribution in [-0.4, -0.2) is 67.5 Å². The summed E-state index contributed by atoms with van der Waals surface area (Å²) in [5.41, 5.74) is 7.21. The summed E-state index contributed by atoms with van der Waals surface area (Å²) in [7, 11) is 0. The molecule has 3 heterocycles. The van der Waals surface area contributed by atoms with E-state index in [0.717, 1.165) is 31.5 Å². The van der Waals surface area contributed by atoms with Gasteiger partial charge < -0.3 is 30.5 Å². The fraction of sp³-hybridized carbons (Fsp3) is 0.667. The van der Waals surface area contributed by atoms with Crippen molar-refractivity contribution in [1.29, 1.82) is 0 Å². The second kappa shape index (κ2) is 8.68. The Hall–Kier alpha value is -1.54. The second-order valence-corrected chi connectivity index (χ2v) is 8.90. The van der Waals surface area contributed by atoms with Gasteiger partial charge in [-0.15, -0.1) is 0 Å². The maximum atomic E-state index is 12.7. The predicted octanol–water partition coefficient (Wildman–Crippen LogP) is 1.84. The zero-order valence-corrected chi connectivity index (χ0v) is 17.5. The minimum atomic E-state index is -0.617. The summed E-state index contributed by atoms with van der Waals surface area (Å²) in [6.45, 7) is 5.02. The average Bonchev–Trinajstić information content (AvgIpc) is 3.20. The van der Waals surface area contributed by atoms with Crippen LogP contribution in [0.4, 0.5) is 5.69 Å². The number of aliphatic hydroxyl groups is 1. The molecule has 8 heteroatoms. The van der Waals surface area contributed by atoms with E-state index in [1.54, 1.807) is 6.07 Å². The van der Waals surface area contributed by atoms with Crippen LogP contribution in [0.3, 0.4) is 0 Å². The highest BCUT2D eigenvalue weighted by Gasteiger charge is 2.33. The van der Waals surface area contributed by atoms with Gasteiger partial charge in [-0.1, -0.05) is 11.6 Å². The fourth-order valence-corrected chi connectivity index (χ4v) is 4.77. The van der Waals surface area contributed by atoms with Crippen molar-refractivity contribution in [2.24, 2.45) is 5.92 Å². The number of hydrogen-bond donors (Lipinski definition) is 3. The number of nitrogens with one attached hydrogen (secondary N) is 1. The molecule has 0 unspecified atom stereocenters. The van der Waals surface area contributed by atoms with E-state index in [1.807, 2.05) is 0 Å². The van der Waals surface area contributed by atoms with Crippen LogP contribution in [0.1, 0.15) is 41.6 Å². The third-order valence-corrected chi connectivity index (χ3v) is 6.73. The van der Waals surface area contributed by atoms with Gasteiger partial charge in [-0.3, -0.25) is 4.79 Å². The molecular weight excluding hydrogens is 394 g/mol. The van der Waals surface area contributed by atoms with Crippen molar-refractivity contribution >= 4 is 23.2 Å². The molecule has 1 aromatic rings. The molecular formula is C21H30ClN3O4. The zero-order chi connectivity index (χ0) is 20.4. The van der Waals surface area contributed by atoms with Gasteiger partial charge in [-0.25, -0.2) is 0 Å². The number of hydrogen-bond acceptors (Lipinski definition) is 6. The van der Waals surface area contributed by atoms with Gasteiger partial charge in [0.15, 0.2) is 0 Å². The van der Waals surface area contributed by atoms with Gasteiger partial charge >= 0.3 is 0 Å². The van der Waals surface area contributed by atoms with E-state index in [0.29, 0.717) is 80.1 Å². The number of nitrogens with two attached hydrogens (primary N) is 1. The van der Waals surface area contributed by atoms with Crippen molar-refractivity contribution in [2.45, 2.75) is 37.7 Å². The van der Waals surface area contributed by atoms with E-state index in [-0.39, 0.29) is 5.91 Å². The Morgan fingerprint density at radius 1 is 1.31 bits per heavy atom. The Bertz CT molecular complexity index is 759. The normalized spacial score (nSPS) is 22.1. The van der Waals surface area contributed by atoms with Gasteiger partial charge in [0.2, 0.25) is 0 Å². The van der Waals surface area contributed by atoms with Crippen molar-refractivity contribution in [1.82, 2.24) is 10.2 Å². The third-order valence-electron chi connectivity index (χ3n) is 6.42. The maximum Gasteiger partial charge on any atom is 0.255 e. The van der Waals surface area contributed by atoms with Crippen molar-refractivity contribution < 1.29 is 19.4 Å². The number of carbonyl (C=O) groups excluding carboxylic acids is 1. The second-order valence-electron chi connectivity index (χ2n) is 8.49. The SMILES string of the molecule is Nc1c(Cl)cc(C(=O)NCC2CCN(CC3(O)CCOCC3)CC2)c2c1CCO2. The van der Waals surface area contributed by atoms with Gasteiger partial charge in [0.25, 0.3) is 5.91 Å². The molecule has 0 radical (unpaired) electrons. The van der Waals surface area contributed by atoms with Gasteiger partial charge in [0.1, 0.15) is 5.75 Å². The number of rotatable bonds is 5. The van der Waals surface area contributed by atoms with Crippen LogP contribution < -0.4 is 15.8 Å². The molecule has 0 atom stereocenters. The number of amides is 1. The van der Waals surface area contributed by atoms with Crippen LogP contribution in [0.2, 0.25) is 5.02 Å². The van der Waals surface area contributed by atoms with E-state index < -0.39 is 5.60 Å². The minimum absolute atomic E-state index is 0.163. The summed E-state index contributed by atoms with van der Waals surface area (Å²) in [6.07, 6.45) is 4.10. The van der Waals surface area contributed by atoms with Crippen LogP contribution in [0.5, 0.6) is 5.75 Å². The zero-order valence-electron chi connectivity index (χ0n) is 16.7. The molecule has 7 nitrogen and oxygen atoms in total. The predicted molar refractivity (Wildman–Crippen MR) is 112 cm³/mol. The first-order valence-electron chi connectivity index (χ1n) is 10.5. The van der Waals surface area contributed by atoms with E-state index in [1.165, 1.54) is 0 Å². The monoisotopic (exact) mass is 423 g/mol. The Labute approximate surface area is 176 Å². The highest BCUT2D eigenvalue weighted by Crippen LogP contribution is 2.38. The lowest BCUT2D eigenvalue weighted by atomic mass is 9.91. The molecule has 2 fully saturated rings. The molecule has 29 heavy (non-hydrogen) atoms. The molecule has 1 amide bonds. The number of piperidine rings is 1. The molecule has 0 spiro atoms. The number of anilines is 1. The van der Waals surface area contributed by atoms with Crippen LogP contribution in [-0.2, 0) is 11.2 Å². The van der Waals surface area contributed by atoms with Crippen molar-refractivity contribution in [3.63, 3.8) is 0 Å². The Kier molecular flexibility index (Phi) is 6.20. The largest absolute Gasteiger partial charge is 0.492 e. The quantitative estimate of drug-likeness (QED) is 0.625. The number of ether oxygens (including phenoxy) is 2. The molecule has 3 aliphatic rings. The number of halogens is 1. The van der Waals surface area contributed by atoms with Gasteiger partial charge in [-0.2, -0.15) is 0 Å². The first kappa shape index (κ1) is 20.7. The Balaban J connectivity index is 1.27. The fourth-order valence-electron chi connectivity index (χ4n) is 4.54. The Morgan fingerprint density at radius 2 is 2.03 bits per heavy atom. The molecule has 2 saturated heterocycles. The summed E-state index contributed by atoms with van der Waals surface area (Å²) < 4.78 is 11.0. The highest BCUT2D eigenvalue weighted by atomic mass is 35.5. The first-order valence-corrected chi connectivity index (χ1v) is 10.9. The van der Waals surface area contributed by atoms with Crippen LogP contribution in [0, 0.1) is 5.92 Å². The van der Waals surface area contributed by atoms with Crippen molar-refractivity contribution in [3.05, 3.63) is 22.2 Å². The smallest absolute Gasteiger partial charge is 0.255 e. The molecule has 4 N–H and O–H groups in total. The molecule has 3 aliphatic heterocycles. The number of carbonyl (C=O) groups is 1. The molecule has 1 aromatic carbocycles. The summed E-state index contributed by atoms with van der Waals surface area (Å²) in [5, 5.41) is 14.1. The van der Waals surface area contributed by atoms with Crippen molar-refractivity contribution in [2.75, 3.05) is 51.7 Å². The van der Waals surface area contributed by atoms with Crippen LogP contribution in [0.15, 0.2) is 6.07 Å². The summed E-state index contributed by atoms with van der Waals surface area (Å²) in [4.78, 5) is 15.1. The molecule has 160 valence electrons. The molecule has 0 aliphatic carbocycles. The number of likely N-dealkylation sites (tertiary alicyclic amines) is 1. The Morgan fingerprint density at radius 3 is 2.76 bits per heavy atom. The lowest BCUT2D eigenvalue weighted by Gasteiger charge is -2.39. The van der Waals surface area contributed by atoms with E-state index >= 15 is 0 Å². The number of benzene rings is 1. The number of β-amino-alcohol motifs (C(OH)–C–C–N with tert-alkyl or cyclic N) is 1. The topological polar surface area (TPSA) is 97.1 Å². The summed E-state index contributed by atoms with van der Waals surface area (Å²) >= 11 is 6.20. The van der Waals surface area contributed by atoms with Crippen LogP contribution >= 0.6 is 11.6 Å². The number of nitrogen functional groups attached to an aromatic ring is 1. The van der Waals surface area contributed by atoms with E-state index in [9.17, 15) is 9.90 Å². The molecule has 0 bridgehead atoms. The molecule has 0 aromatic heterocycles.